The summed E-state index contributed by atoms with van der Waals surface area (Å²) in [6.45, 7) is 4.77. The number of aliphatic carboxylic acids is 1. The molecular weight excluding hydrogens is 328 g/mol. The van der Waals surface area contributed by atoms with Crippen molar-refractivity contribution in [2.75, 3.05) is 13.2 Å². The normalized spacial score (nSPS) is 10.8. The summed E-state index contributed by atoms with van der Waals surface area (Å²) in [6.07, 6.45) is 2.50. The number of benzene rings is 2. The minimum absolute atomic E-state index is 0.336. The molecule has 24 heavy (non-hydrogen) atoms. The van der Waals surface area contributed by atoms with E-state index in [1.165, 1.54) is 11.6 Å². The van der Waals surface area contributed by atoms with Gasteiger partial charge in [-0.05, 0) is 55.3 Å². The maximum absolute atomic E-state index is 10.7. The van der Waals surface area contributed by atoms with Gasteiger partial charge < -0.3 is 14.6 Å². The van der Waals surface area contributed by atoms with Crippen molar-refractivity contribution in [3.05, 3.63) is 64.2 Å². The molecule has 4 nitrogen and oxygen atoms in total. The third-order valence-electron chi connectivity index (χ3n) is 3.53. The van der Waals surface area contributed by atoms with Crippen LogP contribution in [0, 0.1) is 13.8 Å². The van der Waals surface area contributed by atoms with Gasteiger partial charge in [-0.25, -0.2) is 4.79 Å². The zero-order valence-corrected chi connectivity index (χ0v) is 14.3. The zero-order chi connectivity index (χ0) is 17.5. The smallest absolute Gasteiger partial charge is 0.328 e. The summed E-state index contributed by atoms with van der Waals surface area (Å²) < 4.78 is 11.4. The molecule has 2 aromatic carbocycles. The molecule has 0 amide bonds. The van der Waals surface area contributed by atoms with E-state index < -0.39 is 5.97 Å². The third-order valence-corrected chi connectivity index (χ3v) is 3.77. The molecule has 0 saturated carbocycles. The van der Waals surface area contributed by atoms with Crippen molar-refractivity contribution in [3.8, 4) is 11.5 Å². The lowest BCUT2D eigenvalue weighted by atomic mass is 10.1. The summed E-state index contributed by atoms with van der Waals surface area (Å²) in [6, 6.07) is 11.0. The number of ether oxygens (including phenoxy) is 2. The SMILES string of the molecule is Cc1cccc(OCCOc2ccc(Cl)cc2C=CC(=O)O)c1C. The Bertz CT molecular complexity index is 753. The quantitative estimate of drug-likeness (QED) is 0.592. The lowest BCUT2D eigenvalue weighted by molar-refractivity contribution is -0.131. The van der Waals surface area contributed by atoms with Gasteiger partial charge in [0.15, 0.2) is 0 Å². The Morgan fingerprint density at radius 3 is 2.54 bits per heavy atom. The molecule has 0 aliphatic heterocycles. The van der Waals surface area contributed by atoms with Gasteiger partial charge in [0.25, 0.3) is 0 Å². The Hall–Kier alpha value is -2.46. The highest BCUT2D eigenvalue weighted by molar-refractivity contribution is 6.30. The van der Waals surface area contributed by atoms with Crippen LogP contribution in [-0.2, 0) is 4.79 Å². The second-order valence-corrected chi connectivity index (χ2v) is 5.69. The van der Waals surface area contributed by atoms with Crippen LogP contribution in [0.4, 0.5) is 0 Å². The summed E-state index contributed by atoms with van der Waals surface area (Å²) in [7, 11) is 0. The molecule has 0 spiro atoms. The van der Waals surface area contributed by atoms with Crippen molar-refractivity contribution >= 4 is 23.6 Å². The predicted molar refractivity (Wildman–Crippen MR) is 95.0 cm³/mol. The van der Waals surface area contributed by atoms with Gasteiger partial charge in [0.05, 0.1) is 0 Å². The largest absolute Gasteiger partial charge is 0.490 e. The fourth-order valence-corrected chi connectivity index (χ4v) is 2.31. The van der Waals surface area contributed by atoms with E-state index in [1.54, 1.807) is 18.2 Å². The van der Waals surface area contributed by atoms with Gasteiger partial charge in [0, 0.05) is 16.7 Å². The van der Waals surface area contributed by atoms with Gasteiger partial charge in [-0.2, -0.15) is 0 Å². The molecule has 0 radical (unpaired) electrons. The summed E-state index contributed by atoms with van der Waals surface area (Å²) in [5.74, 6) is 0.362. The number of rotatable bonds is 7. The van der Waals surface area contributed by atoms with Gasteiger partial charge in [-0.15, -0.1) is 0 Å². The molecular formula is C19H19ClO4. The molecule has 0 saturated heterocycles. The van der Waals surface area contributed by atoms with E-state index in [4.69, 9.17) is 26.2 Å². The first-order chi connectivity index (χ1) is 11.5. The summed E-state index contributed by atoms with van der Waals surface area (Å²) in [4.78, 5) is 10.7. The Labute approximate surface area is 146 Å². The standard InChI is InChI=1S/C19H19ClO4/c1-13-4-3-5-17(14(13)2)23-10-11-24-18-8-7-16(20)12-15(18)6-9-19(21)22/h3-9,12H,10-11H2,1-2H3,(H,21,22). The Balaban J connectivity index is 1.97. The number of carboxylic acid groups (broad SMARTS) is 1. The molecule has 0 atom stereocenters. The van der Waals surface area contributed by atoms with Gasteiger partial charge in [0.1, 0.15) is 24.7 Å². The van der Waals surface area contributed by atoms with E-state index in [2.05, 4.69) is 0 Å². The van der Waals surface area contributed by atoms with Crippen LogP contribution in [0.1, 0.15) is 16.7 Å². The van der Waals surface area contributed by atoms with E-state index >= 15 is 0 Å². The minimum Gasteiger partial charge on any atom is -0.490 e. The van der Waals surface area contributed by atoms with Crippen molar-refractivity contribution in [1.29, 1.82) is 0 Å². The Morgan fingerprint density at radius 1 is 1.12 bits per heavy atom. The molecule has 0 fully saturated rings. The van der Waals surface area contributed by atoms with Gasteiger partial charge in [0.2, 0.25) is 0 Å². The van der Waals surface area contributed by atoms with E-state index in [0.717, 1.165) is 17.4 Å². The Kier molecular flexibility index (Phi) is 6.27. The van der Waals surface area contributed by atoms with Crippen LogP contribution in [-0.4, -0.2) is 24.3 Å². The summed E-state index contributed by atoms with van der Waals surface area (Å²) in [5.41, 5.74) is 2.89. The first-order valence-corrected chi connectivity index (χ1v) is 7.87. The zero-order valence-electron chi connectivity index (χ0n) is 13.6. The number of aryl methyl sites for hydroxylation is 1. The van der Waals surface area contributed by atoms with Crippen molar-refractivity contribution in [3.63, 3.8) is 0 Å². The van der Waals surface area contributed by atoms with E-state index in [9.17, 15) is 4.79 Å². The van der Waals surface area contributed by atoms with Crippen LogP contribution in [0.25, 0.3) is 6.08 Å². The highest BCUT2D eigenvalue weighted by Crippen LogP contribution is 2.25. The van der Waals surface area contributed by atoms with Crippen LogP contribution >= 0.6 is 11.6 Å². The van der Waals surface area contributed by atoms with Crippen molar-refractivity contribution in [2.45, 2.75) is 13.8 Å². The van der Waals surface area contributed by atoms with Crippen LogP contribution in [0.3, 0.4) is 0 Å². The average Bonchev–Trinajstić information content (AvgIpc) is 2.54. The summed E-state index contributed by atoms with van der Waals surface area (Å²) >= 11 is 5.94. The first-order valence-electron chi connectivity index (χ1n) is 7.50. The fraction of sp³-hybridized carbons (Fsp3) is 0.211. The molecule has 0 unspecified atom stereocenters. The number of carbonyl (C=O) groups is 1. The van der Waals surface area contributed by atoms with Crippen molar-refractivity contribution in [1.82, 2.24) is 0 Å². The molecule has 126 valence electrons. The second-order valence-electron chi connectivity index (χ2n) is 5.25. The van der Waals surface area contributed by atoms with Gasteiger partial charge in [-0.1, -0.05) is 23.7 Å². The van der Waals surface area contributed by atoms with Crippen LogP contribution in [0.2, 0.25) is 5.02 Å². The third kappa shape index (κ3) is 5.03. The topological polar surface area (TPSA) is 55.8 Å². The highest BCUT2D eigenvalue weighted by atomic mass is 35.5. The number of hydrogen-bond acceptors (Lipinski definition) is 3. The van der Waals surface area contributed by atoms with Crippen LogP contribution < -0.4 is 9.47 Å². The predicted octanol–water partition coefficient (Wildman–Crippen LogP) is 4.51. The van der Waals surface area contributed by atoms with E-state index in [1.807, 2.05) is 32.0 Å². The van der Waals surface area contributed by atoms with Crippen molar-refractivity contribution < 1.29 is 19.4 Å². The second kappa shape index (κ2) is 8.41. The maximum atomic E-state index is 10.7. The average molecular weight is 347 g/mol. The minimum atomic E-state index is -1.03. The molecule has 0 aliphatic rings. The lowest BCUT2D eigenvalue weighted by Crippen LogP contribution is -2.10. The molecule has 2 aromatic rings. The molecule has 0 aliphatic carbocycles. The van der Waals surface area contributed by atoms with Crippen LogP contribution in [0.5, 0.6) is 11.5 Å². The molecule has 5 heteroatoms. The fourth-order valence-electron chi connectivity index (χ4n) is 2.13. The molecule has 0 bridgehead atoms. The molecule has 0 aromatic heterocycles. The molecule has 1 N–H and O–H groups in total. The molecule has 0 heterocycles. The molecule has 2 rings (SSSR count). The number of halogens is 1. The first kappa shape index (κ1) is 17.9. The van der Waals surface area contributed by atoms with Crippen molar-refractivity contribution in [2.24, 2.45) is 0 Å². The Morgan fingerprint density at radius 2 is 1.83 bits per heavy atom. The van der Waals surface area contributed by atoms with E-state index in [-0.39, 0.29) is 0 Å². The van der Waals surface area contributed by atoms with Gasteiger partial charge >= 0.3 is 5.97 Å². The number of carboxylic acids is 1. The highest BCUT2D eigenvalue weighted by Gasteiger charge is 2.05. The van der Waals surface area contributed by atoms with Crippen LogP contribution in [0.15, 0.2) is 42.5 Å². The lowest BCUT2D eigenvalue weighted by Gasteiger charge is -2.13. The summed E-state index contributed by atoms with van der Waals surface area (Å²) in [5, 5.41) is 9.26. The maximum Gasteiger partial charge on any atom is 0.328 e. The van der Waals surface area contributed by atoms with Gasteiger partial charge in [-0.3, -0.25) is 0 Å². The monoisotopic (exact) mass is 346 g/mol. The van der Waals surface area contributed by atoms with E-state index in [0.29, 0.717) is 29.5 Å². The number of hydrogen-bond donors (Lipinski definition) is 1.